The molecule has 0 radical (unpaired) electrons. The lowest BCUT2D eigenvalue weighted by molar-refractivity contribution is -0.166. The Hall–Kier alpha value is -4.71. The summed E-state index contributed by atoms with van der Waals surface area (Å²) in [5, 5.41) is 0. The van der Waals surface area contributed by atoms with Crippen LogP contribution in [0.5, 0.6) is 0 Å². The summed E-state index contributed by atoms with van der Waals surface area (Å²) in [6, 6.07) is 0. The second kappa shape index (κ2) is 65.8. The summed E-state index contributed by atoms with van der Waals surface area (Å²) >= 11 is 0. The lowest BCUT2D eigenvalue weighted by Gasteiger charge is -2.18. The summed E-state index contributed by atoms with van der Waals surface area (Å²) in [5.74, 6) is -1.06. The molecular formula is C73H118O6. The van der Waals surface area contributed by atoms with Gasteiger partial charge in [0.25, 0.3) is 0 Å². The van der Waals surface area contributed by atoms with Crippen molar-refractivity contribution in [2.75, 3.05) is 13.2 Å². The van der Waals surface area contributed by atoms with Crippen molar-refractivity contribution in [1.29, 1.82) is 0 Å². The smallest absolute Gasteiger partial charge is 0.309 e. The Kier molecular flexibility index (Phi) is 61.9. The minimum absolute atomic E-state index is 0.118. The molecule has 79 heavy (non-hydrogen) atoms. The molecular weight excluding hydrogens is 973 g/mol. The summed E-state index contributed by atoms with van der Waals surface area (Å²) in [6.07, 6.45) is 94.5. The molecule has 1 unspecified atom stereocenters. The summed E-state index contributed by atoms with van der Waals surface area (Å²) in [6.45, 7) is 6.31. The molecule has 0 spiro atoms. The lowest BCUT2D eigenvalue weighted by Crippen LogP contribution is -2.30. The fraction of sp³-hybridized carbons (Fsp3) is 0.630. The van der Waals surface area contributed by atoms with Crippen LogP contribution < -0.4 is 0 Å². The number of ether oxygens (including phenoxy) is 3. The molecule has 0 aliphatic rings. The van der Waals surface area contributed by atoms with Gasteiger partial charge in [-0.05, 0) is 122 Å². The van der Waals surface area contributed by atoms with E-state index in [1.165, 1.54) is 122 Å². The van der Waals surface area contributed by atoms with Gasteiger partial charge in [-0.1, -0.05) is 282 Å². The van der Waals surface area contributed by atoms with Gasteiger partial charge in [-0.15, -0.1) is 0 Å². The van der Waals surface area contributed by atoms with Gasteiger partial charge in [0, 0.05) is 12.8 Å². The summed E-state index contributed by atoms with van der Waals surface area (Å²) in [4.78, 5) is 38.3. The predicted octanol–water partition coefficient (Wildman–Crippen LogP) is 22.3. The quantitative estimate of drug-likeness (QED) is 0.0261. The van der Waals surface area contributed by atoms with Gasteiger partial charge in [-0.2, -0.15) is 0 Å². The molecule has 0 aromatic heterocycles. The third kappa shape index (κ3) is 64.0. The Bertz CT molecular complexity index is 1730. The van der Waals surface area contributed by atoms with Crippen LogP contribution in [0.15, 0.2) is 146 Å². The molecule has 0 bridgehead atoms. The van der Waals surface area contributed by atoms with Crippen LogP contribution in [0, 0.1) is 0 Å². The first kappa shape index (κ1) is 74.3. The lowest BCUT2D eigenvalue weighted by atomic mass is 10.1. The molecule has 0 saturated carbocycles. The number of carbonyl (C=O) groups excluding carboxylic acids is 3. The van der Waals surface area contributed by atoms with E-state index in [0.29, 0.717) is 12.8 Å². The molecule has 6 nitrogen and oxygen atoms in total. The van der Waals surface area contributed by atoms with Gasteiger partial charge in [0.15, 0.2) is 6.10 Å². The Balaban J connectivity index is 4.46. The molecule has 1 atom stereocenters. The molecule has 446 valence electrons. The molecule has 6 heteroatoms. The van der Waals surface area contributed by atoms with Crippen LogP contribution >= 0.6 is 0 Å². The van der Waals surface area contributed by atoms with Crippen LogP contribution in [0.2, 0.25) is 0 Å². The van der Waals surface area contributed by atoms with Crippen molar-refractivity contribution in [3.05, 3.63) is 146 Å². The van der Waals surface area contributed by atoms with Crippen molar-refractivity contribution < 1.29 is 28.6 Å². The molecule has 0 heterocycles. The number of esters is 3. The standard InChI is InChI=1S/C73H118O6/c1-4-7-10-13-16-19-22-25-28-30-32-34-35-36-37-39-40-42-45-48-51-54-57-60-63-66-72(75)78-69-70(68-77-71(74)65-62-59-56-53-50-47-44-27-24-21-18-15-12-9-6-3)79-73(76)67-64-61-58-55-52-49-46-43-41-38-33-31-29-26-23-20-17-14-11-8-5-2/h8-9,11-12,17-18,20-22,25-27,29-30,32-33,35-36,38,44,50,53,59,62,70H,4-7,10,13-16,19,23-24,28,31,34,37,39-43,45-49,51-52,54-58,60-61,63-69H2,1-3H3/b11-8-,12-9-,20-17-,21-18-,25-22-,29-26-,32-30-,36-35-,38-33-,44-27-,53-50-,62-59-. The fourth-order valence-electron chi connectivity index (χ4n) is 8.57. The second-order valence-corrected chi connectivity index (χ2v) is 20.9. The molecule has 0 N–H and O–H groups in total. The molecule has 0 aliphatic carbocycles. The number of hydrogen-bond acceptors (Lipinski definition) is 6. The van der Waals surface area contributed by atoms with E-state index in [0.717, 1.165) is 116 Å². The maximum absolute atomic E-state index is 12.9. The average Bonchev–Trinajstić information content (AvgIpc) is 3.45. The molecule has 0 fully saturated rings. The molecule has 0 aromatic rings. The van der Waals surface area contributed by atoms with Crippen LogP contribution in [0.1, 0.15) is 278 Å². The van der Waals surface area contributed by atoms with E-state index in [9.17, 15) is 14.4 Å². The molecule has 0 amide bonds. The van der Waals surface area contributed by atoms with Gasteiger partial charge >= 0.3 is 17.9 Å². The first-order valence-electron chi connectivity index (χ1n) is 32.3. The Labute approximate surface area is 487 Å². The Morgan fingerprint density at radius 3 is 0.886 bits per heavy atom. The zero-order valence-corrected chi connectivity index (χ0v) is 51.1. The zero-order valence-electron chi connectivity index (χ0n) is 51.1. The SMILES string of the molecule is CC/C=C\C/C=C\C/C=C\C/C=C\C/C=C\CC(=O)OCC(COC(=O)CCCCCCCCCCCC/C=C\C/C=C\C/C=C\CCCCCCC)OC(=O)CCCCCCCCCC/C=C\C/C=C\C/C=C\C/C=C\CC. The van der Waals surface area contributed by atoms with Gasteiger partial charge in [-0.25, -0.2) is 0 Å². The van der Waals surface area contributed by atoms with Gasteiger partial charge < -0.3 is 14.2 Å². The van der Waals surface area contributed by atoms with Gasteiger partial charge in [-0.3, -0.25) is 14.4 Å². The maximum Gasteiger partial charge on any atom is 0.309 e. The largest absolute Gasteiger partial charge is 0.462 e. The van der Waals surface area contributed by atoms with E-state index in [2.05, 4.69) is 154 Å². The number of carbonyl (C=O) groups is 3. The van der Waals surface area contributed by atoms with Crippen molar-refractivity contribution >= 4 is 17.9 Å². The topological polar surface area (TPSA) is 78.9 Å². The number of allylic oxidation sites excluding steroid dienone is 23. The number of unbranched alkanes of at least 4 members (excludes halogenated alkanes) is 23. The van der Waals surface area contributed by atoms with Crippen molar-refractivity contribution in [1.82, 2.24) is 0 Å². The van der Waals surface area contributed by atoms with Crippen LogP contribution in [-0.4, -0.2) is 37.2 Å². The van der Waals surface area contributed by atoms with E-state index in [1.807, 2.05) is 6.08 Å². The summed E-state index contributed by atoms with van der Waals surface area (Å²) in [7, 11) is 0. The van der Waals surface area contributed by atoms with E-state index in [1.54, 1.807) is 6.08 Å². The number of rotatable bonds is 57. The zero-order chi connectivity index (χ0) is 57.1. The van der Waals surface area contributed by atoms with E-state index < -0.39 is 12.1 Å². The maximum atomic E-state index is 12.9. The highest BCUT2D eigenvalue weighted by Crippen LogP contribution is 2.15. The summed E-state index contributed by atoms with van der Waals surface area (Å²) < 4.78 is 16.8. The van der Waals surface area contributed by atoms with Gasteiger partial charge in [0.1, 0.15) is 13.2 Å². The summed E-state index contributed by atoms with van der Waals surface area (Å²) in [5.41, 5.74) is 0. The van der Waals surface area contributed by atoms with Crippen LogP contribution in [0.25, 0.3) is 0 Å². The third-order valence-electron chi connectivity index (χ3n) is 13.3. The normalized spacial score (nSPS) is 13.1. The van der Waals surface area contributed by atoms with E-state index in [-0.39, 0.29) is 31.6 Å². The first-order valence-corrected chi connectivity index (χ1v) is 32.3. The highest BCUT2D eigenvalue weighted by Gasteiger charge is 2.19. The van der Waals surface area contributed by atoms with Crippen LogP contribution in [0.3, 0.4) is 0 Å². The average molecular weight is 1090 g/mol. The molecule has 0 aliphatic heterocycles. The van der Waals surface area contributed by atoms with Gasteiger partial charge in [0.2, 0.25) is 0 Å². The van der Waals surface area contributed by atoms with Gasteiger partial charge in [0.05, 0.1) is 6.42 Å². The molecule has 0 aromatic carbocycles. The van der Waals surface area contributed by atoms with Crippen molar-refractivity contribution in [3.63, 3.8) is 0 Å². The van der Waals surface area contributed by atoms with Crippen LogP contribution in [-0.2, 0) is 28.6 Å². The minimum Gasteiger partial charge on any atom is -0.462 e. The predicted molar refractivity (Wildman–Crippen MR) is 343 cm³/mol. The van der Waals surface area contributed by atoms with Crippen molar-refractivity contribution in [2.24, 2.45) is 0 Å². The van der Waals surface area contributed by atoms with Crippen molar-refractivity contribution in [2.45, 2.75) is 284 Å². The molecule has 0 rings (SSSR count). The van der Waals surface area contributed by atoms with E-state index in [4.69, 9.17) is 14.2 Å². The highest BCUT2D eigenvalue weighted by molar-refractivity contribution is 5.72. The number of hydrogen-bond donors (Lipinski definition) is 0. The Morgan fingerprint density at radius 2 is 0.544 bits per heavy atom. The second-order valence-electron chi connectivity index (χ2n) is 20.9. The monoisotopic (exact) mass is 1090 g/mol. The van der Waals surface area contributed by atoms with E-state index >= 15 is 0 Å². The Morgan fingerprint density at radius 1 is 0.278 bits per heavy atom. The fourth-order valence-corrected chi connectivity index (χ4v) is 8.57. The third-order valence-corrected chi connectivity index (χ3v) is 13.3. The molecule has 0 saturated heterocycles. The first-order chi connectivity index (χ1) is 39.0. The van der Waals surface area contributed by atoms with Crippen molar-refractivity contribution in [3.8, 4) is 0 Å². The highest BCUT2D eigenvalue weighted by atomic mass is 16.6. The van der Waals surface area contributed by atoms with Crippen LogP contribution in [0.4, 0.5) is 0 Å². The minimum atomic E-state index is -0.832.